The largest absolute Gasteiger partial charge is 0.508 e. The fourth-order valence-corrected chi connectivity index (χ4v) is 6.38. The van der Waals surface area contributed by atoms with Crippen LogP contribution in [0.15, 0.2) is 61.2 Å². The van der Waals surface area contributed by atoms with Crippen LogP contribution in [0.25, 0.3) is 0 Å². The lowest BCUT2D eigenvalue weighted by atomic mass is 9.88. The molecule has 0 bridgehead atoms. The van der Waals surface area contributed by atoms with Crippen molar-refractivity contribution in [1.29, 1.82) is 0 Å². The zero-order valence-corrected chi connectivity index (χ0v) is 24.4. The number of nitrogens with zero attached hydrogens (tertiary/aromatic N) is 3. The van der Waals surface area contributed by atoms with E-state index in [0.29, 0.717) is 38.2 Å². The first-order chi connectivity index (χ1) is 20.3. The number of fused-ring (bicyclic) bond motifs is 1. The molecule has 0 aliphatic carbocycles. The number of hydrogen-bond acceptors (Lipinski definition) is 6. The molecule has 3 aliphatic rings. The lowest BCUT2D eigenvalue weighted by Gasteiger charge is -2.50. The van der Waals surface area contributed by atoms with E-state index in [0.717, 1.165) is 43.5 Å². The van der Waals surface area contributed by atoms with Crippen LogP contribution in [0.4, 0.5) is 0 Å². The van der Waals surface area contributed by atoms with Gasteiger partial charge in [-0.2, -0.15) is 0 Å². The molecule has 42 heavy (non-hydrogen) atoms. The van der Waals surface area contributed by atoms with E-state index in [2.05, 4.69) is 23.7 Å². The molecule has 224 valence electrons. The lowest BCUT2D eigenvalue weighted by molar-refractivity contribution is -0.160. The van der Waals surface area contributed by atoms with Crippen LogP contribution in [0, 0.1) is 5.92 Å². The zero-order valence-electron chi connectivity index (χ0n) is 24.4. The number of phenolic OH excluding ortho intramolecular Hbond substituents is 1. The van der Waals surface area contributed by atoms with Gasteiger partial charge in [-0.05, 0) is 67.1 Å². The predicted octanol–water partition coefficient (Wildman–Crippen LogP) is 2.98. The Labute approximate surface area is 248 Å². The van der Waals surface area contributed by atoms with Crippen LogP contribution in [0.3, 0.4) is 0 Å². The summed E-state index contributed by atoms with van der Waals surface area (Å²) in [6, 6.07) is 13.5. The highest BCUT2D eigenvalue weighted by atomic mass is 16.5. The molecule has 2 N–H and O–H groups in total. The number of ether oxygens (including phenoxy) is 1. The molecule has 9 nitrogen and oxygen atoms in total. The minimum absolute atomic E-state index is 0.0462. The maximum atomic E-state index is 14.1. The minimum Gasteiger partial charge on any atom is -0.508 e. The van der Waals surface area contributed by atoms with Crippen LogP contribution in [-0.4, -0.2) is 95.0 Å². The summed E-state index contributed by atoms with van der Waals surface area (Å²) in [6.07, 6.45) is 5.10. The average molecular weight is 575 g/mol. The molecule has 5 rings (SSSR count). The Balaban J connectivity index is 1.37. The molecule has 3 fully saturated rings. The molecule has 2 unspecified atom stereocenters. The molecule has 3 aliphatic heterocycles. The van der Waals surface area contributed by atoms with E-state index < -0.39 is 6.04 Å². The third-order valence-corrected chi connectivity index (χ3v) is 8.73. The highest BCUT2D eigenvalue weighted by Gasteiger charge is 2.45. The number of hydrogen-bond donors (Lipinski definition) is 2. The summed E-state index contributed by atoms with van der Waals surface area (Å²) in [5, 5.41) is 12.8. The van der Waals surface area contributed by atoms with Crippen molar-refractivity contribution < 1.29 is 24.2 Å². The van der Waals surface area contributed by atoms with Crippen LogP contribution in [0.2, 0.25) is 0 Å². The van der Waals surface area contributed by atoms with E-state index >= 15 is 0 Å². The van der Waals surface area contributed by atoms with Gasteiger partial charge >= 0.3 is 0 Å². The number of aromatic hydroxyl groups is 1. The van der Waals surface area contributed by atoms with Crippen LogP contribution < -0.4 is 5.32 Å². The van der Waals surface area contributed by atoms with Crippen LogP contribution in [-0.2, 0) is 27.3 Å². The highest BCUT2D eigenvalue weighted by Crippen LogP contribution is 2.30. The molecule has 0 radical (unpaired) electrons. The van der Waals surface area contributed by atoms with Crippen molar-refractivity contribution in [3.05, 3.63) is 77.9 Å². The summed E-state index contributed by atoms with van der Waals surface area (Å²) in [7, 11) is 0. The quantitative estimate of drug-likeness (QED) is 0.447. The molecule has 0 spiro atoms. The molecular weight excluding hydrogens is 532 g/mol. The van der Waals surface area contributed by atoms with Gasteiger partial charge in [-0.3, -0.25) is 19.3 Å². The number of carbonyl (C=O) groups is 3. The molecule has 3 amide bonds. The van der Waals surface area contributed by atoms with E-state index in [1.54, 1.807) is 30.3 Å². The second kappa shape index (κ2) is 13.5. The van der Waals surface area contributed by atoms with Crippen molar-refractivity contribution in [2.45, 2.75) is 57.3 Å². The van der Waals surface area contributed by atoms with Gasteiger partial charge in [-0.1, -0.05) is 37.3 Å². The first kappa shape index (κ1) is 29.8. The Hall–Kier alpha value is -3.69. The molecule has 4 atom stereocenters. The Morgan fingerprint density at radius 1 is 1.14 bits per heavy atom. The average Bonchev–Trinajstić information content (AvgIpc) is 3.51. The van der Waals surface area contributed by atoms with E-state index in [9.17, 15) is 19.5 Å². The number of rotatable bonds is 9. The van der Waals surface area contributed by atoms with Gasteiger partial charge in [-0.15, -0.1) is 6.58 Å². The standard InChI is InChI=1S/C33H42N4O5/c1-3-14-35-15-13-23(2)30-21-36(20-25-6-4-7-26(17-25)32(40)34-19-28-8-5-16-42-28)33(41)29(37(30)31(39)22-35)18-24-9-11-27(38)12-10-24/h3-4,6-7,9-12,17,23,28-30,38H,1,5,8,13-16,18-22H2,2H3,(H,34,40)/t23?,28?,29-,30+/m0/s1. The maximum absolute atomic E-state index is 14.1. The zero-order chi connectivity index (χ0) is 29.6. The lowest BCUT2D eigenvalue weighted by Crippen LogP contribution is -2.67. The van der Waals surface area contributed by atoms with E-state index in [1.165, 1.54) is 0 Å². The third kappa shape index (κ3) is 7.02. The van der Waals surface area contributed by atoms with Gasteiger partial charge in [0.1, 0.15) is 11.8 Å². The summed E-state index contributed by atoms with van der Waals surface area (Å²) in [5.74, 6) is 0.0226. The molecule has 9 heteroatoms. The van der Waals surface area contributed by atoms with Crippen molar-refractivity contribution in [3.63, 3.8) is 0 Å². The van der Waals surface area contributed by atoms with Crippen molar-refractivity contribution in [3.8, 4) is 5.75 Å². The first-order valence-corrected chi connectivity index (χ1v) is 15.0. The second-order valence-corrected chi connectivity index (χ2v) is 11.8. The fourth-order valence-electron chi connectivity index (χ4n) is 6.38. The number of benzene rings is 2. The van der Waals surface area contributed by atoms with Crippen LogP contribution in [0.5, 0.6) is 5.75 Å². The number of piperazine rings is 1. The Kier molecular flexibility index (Phi) is 9.59. The second-order valence-electron chi connectivity index (χ2n) is 11.8. The van der Waals surface area contributed by atoms with Crippen LogP contribution >= 0.6 is 0 Å². The van der Waals surface area contributed by atoms with E-state index in [4.69, 9.17) is 4.74 Å². The van der Waals surface area contributed by atoms with Crippen molar-refractivity contribution >= 4 is 17.7 Å². The van der Waals surface area contributed by atoms with Gasteiger partial charge in [0.15, 0.2) is 0 Å². The van der Waals surface area contributed by atoms with Gasteiger partial charge in [0.2, 0.25) is 11.8 Å². The monoisotopic (exact) mass is 574 g/mol. The van der Waals surface area contributed by atoms with E-state index in [1.807, 2.05) is 34.1 Å². The molecule has 2 aromatic rings. The topological polar surface area (TPSA) is 102 Å². The Bertz CT molecular complexity index is 1280. The normalized spacial score (nSPS) is 25.1. The number of carbonyl (C=O) groups excluding carboxylic acids is 3. The van der Waals surface area contributed by atoms with Gasteiger partial charge in [0.25, 0.3) is 5.91 Å². The SMILES string of the molecule is C=CCN1CCC(C)[C@H]2CN(Cc3cccc(C(=O)NCC4CCCO4)c3)C(=O)[C@H](Cc3ccc(O)cc3)N2C(=O)C1. The smallest absolute Gasteiger partial charge is 0.251 e. The van der Waals surface area contributed by atoms with Gasteiger partial charge in [-0.25, -0.2) is 0 Å². The van der Waals surface area contributed by atoms with Gasteiger partial charge < -0.3 is 25.0 Å². The number of nitrogens with one attached hydrogen (secondary N) is 1. The molecule has 2 aromatic carbocycles. The maximum Gasteiger partial charge on any atom is 0.251 e. The number of phenols is 1. The summed E-state index contributed by atoms with van der Waals surface area (Å²) < 4.78 is 5.62. The van der Waals surface area contributed by atoms with Crippen molar-refractivity contribution in [2.24, 2.45) is 5.92 Å². The highest BCUT2D eigenvalue weighted by molar-refractivity contribution is 5.94. The summed E-state index contributed by atoms with van der Waals surface area (Å²) in [4.78, 5) is 46.6. The first-order valence-electron chi connectivity index (χ1n) is 15.0. The third-order valence-electron chi connectivity index (χ3n) is 8.73. The minimum atomic E-state index is -0.662. The summed E-state index contributed by atoms with van der Waals surface area (Å²) in [6.45, 7) is 9.68. The van der Waals surface area contributed by atoms with Crippen LogP contribution in [0.1, 0.15) is 47.7 Å². The Morgan fingerprint density at radius 3 is 2.69 bits per heavy atom. The summed E-state index contributed by atoms with van der Waals surface area (Å²) >= 11 is 0. The van der Waals surface area contributed by atoms with Crippen molar-refractivity contribution in [1.82, 2.24) is 20.0 Å². The molecule has 3 saturated heterocycles. The van der Waals surface area contributed by atoms with Gasteiger partial charge in [0.05, 0.1) is 18.7 Å². The summed E-state index contributed by atoms with van der Waals surface area (Å²) in [5.41, 5.74) is 2.29. The molecule has 3 heterocycles. The van der Waals surface area contributed by atoms with Gasteiger partial charge in [0, 0.05) is 44.8 Å². The number of amides is 3. The predicted molar refractivity (Wildman–Crippen MR) is 160 cm³/mol. The molecule has 0 aromatic heterocycles. The fraction of sp³-hybridized carbons (Fsp3) is 0.485. The van der Waals surface area contributed by atoms with E-state index in [-0.39, 0.29) is 48.1 Å². The Morgan fingerprint density at radius 2 is 1.95 bits per heavy atom. The molecule has 0 saturated carbocycles. The van der Waals surface area contributed by atoms with Crippen molar-refractivity contribution in [2.75, 3.05) is 39.3 Å². The molecular formula is C33H42N4O5.